The fourth-order valence-electron chi connectivity index (χ4n) is 4.89. The maximum atomic E-state index is 13.7. The van der Waals surface area contributed by atoms with E-state index in [-0.39, 0.29) is 17.1 Å². The van der Waals surface area contributed by atoms with Gasteiger partial charge in [0.1, 0.15) is 16.9 Å². The van der Waals surface area contributed by atoms with Crippen LogP contribution in [0.1, 0.15) is 51.1 Å². The number of amides is 1. The average molecular weight is 470 g/mol. The Hall–Kier alpha value is -4.20. The Morgan fingerprint density at radius 3 is 2.43 bits per heavy atom. The SMILES string of the molecule is CC1CN(C(=O)c2cnc3c(C(=O)O)cnn3c2NCc2ccccc2)CCC1c1ccccc1. The first-order valence-corrected chi connectivity index (χ1v) is 11.7. The van der Waals surface area contributed by atoms with E-state index in [1.54, 1.807) is 0 Å². The van der Waals surface area contributed by atoms with E-state index in [2.05, 4.69) is 46.6 Å². The smallest absolute Gasteiger partial charge is 0.341 e. The number of nitrogens with zero attached hydrogens (tertiary/aromatic N) is 4. The number of likely N-dealkylation sites (tertiary alicyclic amines) is 1. The summed E-state index contributed by atoms with van der Waals surface area (Å²) in [7, 11) is 0. The summed E-state index contributed by atoms with van der Waals surface area (Å²) in [5.41, 5.74) is 2.89. The standard InChI is InChI=1S/C27H27N5O3/c1-18-17-31(13-12-21(18)20-10-6-3-7-11-20)26(33)22-15-29-25-23(27(34)35)16-30-32(25)24(22)28-14-19-8-4-2-5-9-19/h2-11,15-16,18,21,28H,12-14,17H2,1H3,(H,34,35). The number of aromatic carboxylic acids is 1. The van der Waals surface area contributed by atoms with Gasteiger partial charge in [-0.25, -0.2) is 9.78 Å². The lowest BCUT2D eigenvalue weighted by molar-refractivity contribution is 0.0659. The van der Waals surface area contributed by atoms with Crippen LogP contribution in [-0.2, 0) is 6.54 Å². The second-order valence-electron chi connectivity index (χ2n) is 8.99. The van der Waals surface area contributed by atoms with Gasteiger partial charge in [0.25, 0.3) is 5.91 Å². The molecular formula is C27H27N5O3. The second kappa shape index (κ2) is 9.58. The van der Waals surface area contributed by atoms with E-state index in [0.29, 0.717) is 42.9 Å². The molecule has 178 valence electrons. The highest BCUT2D eigenvalue weighted by Gasteiger charge is 2.32. The van der Waals surface area contributed by atoms with E-state index < -0.39 is 5.97 Å². The molecule has 0 bridgehead atoms. The van der Waals surface area contributed by atoms with Gasteiger partial charge in [-0.15, -0.1) is 0 Å². The van der Waals surface area contributed by atoms with E-state index >= 15 is 0 Å². The number of fused-ring (bicyclic) bond motifs is 1. The van der Waals surface area contributed by atoms with Crippen LogP contribution in [0, 0.1) is 5.92 Å². The first kappa shape index (κ1) is 22.6. The minimum absolute atomic E-state index is 0.0101. The number of carboxylic acids is 1. The molecule has 3 heterocycles. The summed E-state index contributed by atoms with van der Waals surface area (Å²) in [5.74, 6) is -0.108. The van der Waals surface area contributed by atoms with Crippen LogP contribution >= 0.6 is 0 Å². The molecule has 1 saturated heterocycles. The summed E-state index contributed by atoms with van der Waals surface area (Å²) in [5, 5.41) is 17.1. The maximum absolute atomic E-state index is 13.7. The van der Waals surface area contributed by atoms with Crippen LogP contribution < -0.4 is 5.32 Å². The molecule has 35 heavy (non-hydrogen) atoms. The van der Waals surface area contributed by atoms with Crippen molar-refractivity contribution in [3.05, 3.63) is 95.3 Å². The normalized spacial score (nSPS) is 17.9. The monoisotopic (exact) mass is 469 g/mol. The average Bonchev–Trinajstić information content (AvgIpc) is 3.33. The van der Waals surface area contributed by atoms with Crippen molar-refractivity contribution in [3.8, 4) is 0 Å². The number of aromatic nitrogens is 3. The number of piperidine rings is 1. The minimum Gasteiger partial charge on any atom is -0.477 e. The zero-order valence-corrected chi connectivity index (χ0v) is 19.5. The van der Waals surface area contributed by atoms with Crippen molar-refractivity contribution in [1.29, 1.82) is 0 Å². The van der Waals surface area contributed by atoms with E-state index in [0.717, 1.165) is 12.0 Å². The molecule has 1 fully saturated rings. The summed E-state index contributed by atoms with van der Waals surface area (Å²) < 4.78 is 1.42. The molecule has 8 nitrogen and oxygen atoms in total. The molecule has 0 aliphatic carbocycles. The number of carboxylic acid groups (broad SMARTS) is 1. The van der Waals surface area contributed by atoms with Gasteiger partial charge in [0.2, 0.25) is 0 Å². The van der Waals surface area contributed by atoms with Crippen molar-refractivity contribution in [2.45, 2.75) is 25.8 Å². The van der Waals surface area contributed by atoms with Crippen molar-refractivity contribution >= 4 is 23.3 Å². The first-order chi connectivity index (χ1) is 17.0. The minimum atomic E-state index is -1.11. The van der Waals surface area contributed by atoms with Gasteiger partial charge in [0.15, 0.2) is 5.65 Å². The fourth-order valence-corrected chi connectivity index (χ4v) is 4.89. The Morgan fingerprint density at radius 2 is 1.74 bits per heavy atom. The van der Waals surface area contributed by atoms with Gasteiger partial charge in [-0.05, 0) is 29.4 Å². The van der Waals surface area contributed by atoms with Gasteiger partial charge in [-0.2, -0.15) is 9.61 Å². The number of carbonyl (C=O) groups excluding carboxylic acids is 1. The molecule has 0 saturated carbocycles. The summed E-state index contributed by atoms with van der Waals surface area (Å²) >= 11 is 0. The molecule has 2 aromatic carbocycles. The Kier molecular flexibility index (Phi) is 6.18. The maximum Gasteiger partial charge on any atom is 0.341 e. The van der Waals surface area contributed by atoms with Crippen LogP contribution in [-0.4, -0.2) is 49.6 Å². The Labute approximate surface area is 203 Å². The Bertz CT molecular complexity index is 1350. The summed E-state index contributed by atoms with van der Waals surface area (Å²) in [6.45, 7) is 3.90. The second-order valence-corrected chi connectivity index (χ2v) is 8.99. The largest absolute Gasteiger partial charge is 0.477 e. The number of rotatable bonds is 6. The molecule has 4 aromatic rings. The molecule has 1 aliphatic heterocycles. The summed E-state index contributed by atoms with van der Waals surface area (Å²) in [6, 6.07) is 20.2. The molecule has 0 radical (unpaired) electrons. The molecule has 8 heteroatoms. The lowest BCUT2D eigenvalue weighted by Gasteiger charge is -2.37. The summed E-state index contributed by atoms with van der Waals surface area (Å²) in [4.78, 5) is 31.5. The van der Waals surface area contributed by atoms with Gasteiger partial charge >= 0.3 is 5.97 Å². The van der Waals surface area contributed by atoms with Crippen molar-refractivity contribution in [1.82, 2.24) is 19.5 Å². The van der Waals surface area contributed by atoms with Crippen LogP contribution in [0.25, 0.3) is 5.65 Å². The third-order valence-electron chi connectivity index (χ3n) is 6.71. The van der Waals surface area contributed by atoms with Crippen molar-refractivity contribution in [3.63, 3.8) is 0 Å². The van der Waals surface area contributed by atoms with E-state index in [4.69, 9.17) is 0 Å². The van der Waals surface area contributed by atoms with Gasteiger partial charge in [0, 0.05) is 25.8 Å². The van der Waals surface area contributed by atoms with Crippen LogP contribution in [0.3, 0.4) is 0 Å². The molecular weight excluding hydrogens is 442 g/mol. The molecule has 2 N–H and O–H groups in total. The molecule has 0 spiro atoms. The zero-order chi connectivity index (χ0) is 24.4. The fraction of sp³-hybridized carbons (Fsp3) is 0.259. The van der Waals surface area contributed by atoms with Gasteiger partial charge < -0.3 is 15.3 Å². The van der Waals surface area contributed by atoms with Crippen molar-refractivity contribution < 1.29 is 14.7 Å². The number of nitrogens with one attached hydrogen (secondary N) is 1. The van der Waals surface area contributed by atoms with Crippen molar-refractivity contribution in [2.24, 2.45) is 5.92 Å². The van der Waals surface area contributed by atoms with Gasteiger partial charge in [-0.1, -0.05) is 67.6 Å². The number of anilines is 1. The van der Waals surface area contributed by atoms with Gasteiger partial charge in [-0.3, -0.25) is 4.79 Å². The molecule has 2 unspecified atom stereocenters. The molecule has 2 aromatic heterocycles. The molecule has 1 aliphatic rings. The lowest BCUT2D eigenvalue weighted by atomic mass is 9.81. The molecule has 5 rings (SSSR count). The number of benzene rings is 2. The number of carbonyl (C=O) groups is 2. The number of hydrogen-bond acceptors (Lipinski definition) is 5. The lowest BCUT2D eigenvalue weighted by Crippen LogP contribution is -2.42. The van der Waals surface area contributed by atoms with Gasteiger partial charge in [0.05, 0.1) is 6.20 Å². The van der Waals surface area contributed by atoms with Crippen LogP contribution in [0.15, 0.2) is 73.1 Å². The predicted octanol–water partition coefficient (Wildman–Crippen LogP) is 4.31. The summed E-state index contributed by atoms with van der Waals surface area (Å²) in [6.07, 6.45) is 3.61. The Morgan fingerprint density at radius 1 is 1.03 bits per heavy atom. The zero-order valence-electron chi connectivity index (χ0n) is 19.5. The Balaban J connectivity index is 1.44. The highest BCUT2D eigenvalue weighted by atomic mass is 16.4. The number of hydrogen-bond donors (Lipinski definition) is 2. The third kappa shape index (κ3) is 4.47. The van der Waals surface area contributed by atoms with E-state index in [1.165, 1.54) is 22.5 Å². The third-order valence-corrected chi connectivity index (χ3v) is 6.71. The topological polar surface area (TPSA) is 99.8 Å². The quantitative estimate of drug-likeness (QED) is 0.437. The highest BCUT2D eigenvalue weighted by Crippen LogP contribution is 2.33. The van der Waals surface area contributed by atoms with Crippen LogP contribution in [0.4, 0.5) is 5.82 Å². The van der Waals surface area contributed by atoms with Crippen molar-refractivity contribution in [2.75, 3.05) is 18.4 Å². The van der Waals surface area contributed by atoms with Crippen LogP contribution in [0.5, 0.6) is 0 Å². The predicted molar refractivity (Wildman–Crippen MR) is 133 cm³/mol. The first-order valence-electron chi connectivity index (χ1n) is 11.7. The van der Waals surface area contributed by atoms with E-state index in [9.17, 15) is 14.7 Å². The molecule has 2 atom stereocenters. The highest BCUT2D eigenvalue weighted by molar-refractivity contribution is 6.00. The molecule has 1 amide bonds. The van der Waals surface area contributed by atoms with E-state index in [1.807, 2.05) is 41.3 Å². The van der Waals surface area contributed by atoms with Crippen LogP contribution in [0.2, 0.25) is 0 Å².